The van der Waals surface area contributed by atoms with Crippen LogP contribution in [0.15, 0.2) is 58.5 Å². The number of nitrogens with zero attached hydrogens (tertiary/aromatic N) is 2. The maximum Gasteiger partial charge on any atom is 0.261 e. The lowest BCUT2D eigenvalue weighted by Crippen LogP contribution is -2.33. The van der Waals surface area contributed by atoms with Crippen LogP contribution in [0.4, 0.5) is 0 Å². The first kappa shape index (κ1) is 19.7. The predicted molar refractivity (Wildman–Crippen MR) is 105 cm³/mol. The molecule has 8 nitrogen and oxygen atoms in total. The van der Waals surface area contributed by atoms with E-state index in [1.54, 1.807) is 24.3 Å². The first-order valence-electron chi connectivity index (χ1n) is 8.58. The summed E-state index contributed by atoms with van der Waals surface area (Å²) < 4.78 is 23.7. The summed E-state index contributed by atoms with van der Waals surface area (Å²) in [6, 6.07) is 11.5. The van der Waals surface area contributed by atoms with E-state index in [9.17, 15) is 18.0 Å². The number of carbonyl (C=O) groups excluding carboxylic acids is 1. The molecule has 146 valence electrons. The fourth-order valence-corrected chi connectivity index (χ4v) is 3.30. The third kappa shape index (κ3) is 4.62. The highest BCUT2D eigenvalue weighted by Gasteiger charge is 2.09. The molecule has 0 unspecified atom stereocenters. The van der Waals surface area contributed by atoms with Gasteiger partial charge in [-0.05, 0) is 43.2 Å². The van der Waals surface area contributed by atoms with Crippen LogP contribution in [-0.4, -0.2) is 30.4 Å². The topological polar surface area (TPSA) is 124 Å². The lowest BCUT2D eigenvalue weighted by atomic mass is 10.1. The number of rotatable bonds is 6. The second-order valence-electron chi connectivity index (χ2n) is 6.49. The lowest BCUT2D eigenvalue weighted by molar-refractivity contribution is -0.121. The van der Waals surface area contributed by atoms with Gasteiger partial charge in [-0.15, -0.1) is 0 Å². The fraction of sp³-hybridized carbons (Fsp3) is 0.211. The van der Waals surface area contributed by atoms with Crippen LogP contribution in [0.25, 0.3) is 10.9 Å². The van der Waals surface area contributed by atoms with E-state index < -0.39 is 10.0 Å². The summed E-state index contributed by atoms with van der Waals surface area (Å²) in [6.07, 6.45) is 1.88. The van der Waals surface area contributed by atoms with Crippen molar-refractivity contribution in [2.75, 3.05) is 6.54 Å². The molecular formula is C19H20N4O4S. The molecule has 1 heterocycles. The highest BCUT2D eigenvalue weighted by molar-refractivity contribution is 7.89. The van der Waals surface area contributed by atoms with Gasteiger partial charge in [0.1, 0.15) is 6.54 Å². The average Bonchev–Trinajstić information content (AvgIpc) is 2.64. The molecule has 0 atom stereocenters. The Morgan fingerprint density at radius 3 is 2.57 bits per heavy atom. The summed E-state index contributed by atoms with van der Waals surface area (Å²) in [5.74, 6) is -0.308. The Morgan fingerprint density at radius 2 is 1.89 bits per heavy atom. The lowest BCUT2D eigenvalue weighted by Gasteiger charge is -2.09. The van der Waals surface area contributed by atoms with Crippen molar-refractivity contribution in [1.82, 2.24) is 14.9 Å². The third-order valence-electron chi connectivity index (χ3n) is 4.28. The van der Waals surface area contributed by atoms with E-state index in [4.69, 9.17) is 5.14 Å². The Labute approximate surface area is 162 Å². The van der Waals surface area contributed by atoms with Gasteiger partial charge in [-0.25, -0.2) is 18.5 Å². The number of primary sulfonamides is 1. The Balaban J connectivity index is 1.60. The molecule has 0 radical (unpaired) electrons. The van der Waals surface area contributed by atoms with Crippen LogP contribution in [0.3, 0.4) is 0 Å². The number of aryl methyl sites for hydroxylation is 1. The fourth-order valence-electron chi connectivity index (χ4n) is 2.79. The number of nitrogens with two attached hydrogens (primary N) is 1. The summed E-state index contributed by atoms with van der Waals surface area (Å²) in [4.78, 5) is 28.9. The van der Waals surface area contributed by atoms with Crippen LogP contribution in [0, 0.1) is 6.92 Å². The molecule has 1 amide bonds. The summed E-state index contributed by atoms with van der Waals surface area (Å²) in [6.45, 7) is 2.11. The van der Waals surface area contributed by atoms with Crippen molar-refractivity contribution in [2.24, 2.45) is 5.14 Å². The van der Waals surface area contributed by atoms with Gasteiger partial charge in [-0.2, -0.15) is 0 Å². The molecular weight excluding hydrogens is 380 g/mol. The van der Waals surface area contributed by atoms with E-state index in [0.717, 1.165) is 11.1 Å². The van der Waals surface area contributed by atoms with E-state index in [1.807, 2.05) is 13.0 Å². The first-order chi connectivity index (χ1) is 13.2. The minimum atomic E-state index is -3.72. The second kappa shape index (κ2) is 7.91. The van der Waals surface area contributed by atoms with Gasteiger partial charge in [0.25, 0.3) is 5.56 Å². The summed E-state index contributed by atoms with van der Waals surface area (Å²) >= 11 is 0. The summed E-state index contributed by atoms with van der Waals surface area (Å²) in [5, 5.41) is 8.28. The van der Waals surface area contributed by atoms with Crippen molar-refractivity contribution in [3.63, 3.8) is 0 Å². The highest BCUT2D eigenvalue weighted by Crippen LogP contribution is 2.10. The van der Waals surface area contributed by atoms with Gasteiger partial charge in [0.15, 0.2) is 0 Å². The second-order valence-corrected chi connectivity index (χ2v) is 8.05. The van der Waals surface area contributed by atoms with Crippen molar-refractivity contribution in [3.05, 3.63) is 70.3 Å². The molecule has 3 rings (SSSR count). The molecule has 0 aliphatic carbocycles. The monoisotopic (exact) mass is 400 g/mol. The van der Waals surface area contributed by atoms with E-state index in [1.165, 1.54) is 23.0 Å². The van der Waals surface area contributed by atoms with Crippen LogP contribution in [0.5, 0.6) is 0 Å². The molecule has 0 bridgehead atoms. The Kier molecular flexibility index (Phi) is 5.57. The molecule has 0 aliphatic heterocycles. The number of fused-ring (bicyclic) bond motifs is 1. The van der Waals surface area contributed by atoms with Crippen molar-refractivity contribution < 1.29 is 13.2 Å². The van der Waals surface area contributed by atoms with E-state index >= 15 is 0 Å². The van der Waals surface area contributed by atoms with Crippen LogP contribution in [0.1, 0.15) is 11.1 Å². The zero-order valence-corrected chi connectivity index (χ0v) is 16.1. The van der Waals surface area contributed by atoms with Gasteiger partial charge < -0.3 is 5.32 Å². The molecule has 9 heteroatoms. The Hall–Kier alpha value is -3.04. The molecule has 0 saturated heterocycles. The number of carbonyl (C=O) groups is 1. The molecule has 3 aromatic rings. The van der Waals surface area contributed by atoms with Gasteiger partial charge in [-0.1, -0.05) is 23.8 Å². The molecule has 0 aliphatic rings. The number of hydrogen-bond acceptors (Lipinski definition) is 5. The molecule has 1 aromatic heterocycles. The normalized spacial score (nSPS) is 11.5. The number of sulfonamides is 1. The van der Waals surface area contributed by atoms with Gasteiger partial charge in [0.05, 0.1) is 22.1 Å². The minimum absolute atomic E-state index is 0.0405. The molecule has 2 aromatic carbocycles. The predicted octanol–water partition coefficient (Wildman–Crippen LogP) is 0.711. The molecule has 3 N–H and O–H groups in total. The van der Waals surface area contributed by atoms with E-state index in [-0.39, 0.29) is 22.9 Å². The molecule has 0 spiro atoms. The van der Waals surface area contributed by atoms with Gasteiger partial charge in [-0.3, -0.25) is 14.2 Å². The minimum Gasteiger partial charge on any atom is -0.354 e. The average molecular weight is 400 g/mol. The zero-order valence-electron chi connectivity index (χ0n) is 15.3. The van der Waals surface area contributed by atoms with Crippen molar-refractivity contribution >= 4 is 26.8 Å². The number of amides is 1. The maximum atomic E-state index is 12.5. The van der Waals surface area contributed by atoms with Gasteiger partial charge >= 0.3 is 0 Å². The number of nitrogens with one attached hydrogen (secondary N) is 1. The zero-order chi connectivity index (χ0) is 20.3. The third-order valence-corrected chi connectivity index (χ3v) is 5.21. The van der Waals surface area contributed by atoms with Crippen LogP contribution in [-0.2, 0) is 27.8 Å². The SMILES string of the molecule is Cc1ccc2ncn(CC(=O)NCCc3ccc(S(N)(=O)=O)cc3)c(=O)c2c1. The van der Waals surface area contributed by atoms with Gasteiger partial charge in [0.2, 0.25) is 15.9 Å². The number of aromatic nitrogens is 2. The van der Waals surface area contributed by atoms with E-state index in [2.05, 4.69) is 10.3 Å². The maximum absolute atomic E-state index is 12.5. The van der Waals surface area contributed by atoms with Crippen LogP contribution in [0.2, 0.25) is 0 Å². The van der Waals surface area contributed by atoms with Crippen molar-refractivity contribution in [2.45, 2.75) is 24.8 Å². The highest BCUT2D eigenvalue weighted by atomic mass is 32.2. The van der Waals surface area contributed by atoms with Crippen LogP contribution < -0.4 is 16.0 Å². The molecule has 28 heavy (non-hydrogen) atoms. The van der Waals surface area contributed by atoms with E-state index in [0.29, 0.717) is 23.9 Å². The number of benzene rings is 2. The first-order valence-corrected chi connectivity index (χ1v) is 10.1. The Bertz CT molecular complexity index is 1180. The van der Waals surface area contributed by atoms with Crippen molar-refractivity contribution in [1.29, 1.82) is 0 Å². The van der Waals surface area contributed by atoms with Crippen molar-refractivity contribution in [3.8, 4) is 0 Å². The van der Waals surface area contributed by atoms with Gasteiger partial charge in [0, 0.05) is 6.54 Å². The van der Waals surface area contributed by atoms with Crippen LogP contribution >= 0.6 is 0 Å². The summed E-state index contributed by atoms with van der Waals surface area (Å²) in [7, 11) is -3.72. The number of hydrogen-bond donors (Lipinski definition) is 2. The molecule has 0 fully saturated rings. The quantitative estimate of drug-likeness (QED) is 0.631. The standard InChI is InChI=1S/C19H20N4O4S/c1-13-2-7-17-16(10-13)19(25)23(12-22-17)11-18(24)21-9-8-14-3-5-15(6-4-14)28(20,26)27/h2-7,10,12H,8-9,11H2,1H3,(H,21,24)(H2,20,26,27). The molecule has 0 saturated carbocycles. The summed E-state index contributed by atoms with van der Waals surface area (Å²) in [5.41, 5.74) is 2.13. The Morgan fingerprint density at radius 1 is 1.18 bits per heavy atom. The largest absolute Gasteiger partial charge is 0.354 e. The smallest absolute Gasteiger partial charge is 0.261 e.